The van der Waals surface area contributed by atoms with Gasteiger partial charge in [0.2, 0.25) is 5.91 Å². The summed E-state index contributed by atoms with van der Waals surface area (Å²) < 4.78 is 1.74. The molecule has 1 amide bonds. The zero-order valence-corrected chi connectivity index (χ0v) is 16.3. The van der Waals surface area contributed by atoms with E-state index in [4.69, 9.17) is 10.7 Å². The van der Waals surface area contributed by atoms with Crippen LogP contribution in [0.2, 0.25) is 0 Å². The zero-order chi connectivity index (χ0) is 18.0. The van der Waals surface area contributed by atoms with Gasteiger partial charge in [-0.3, -0.25) is 14.2 Å². The summed E-state index contributed by atoms with van der Waals surface area (Å²) in [7, 11) is 4.03. The second kappa shape index (κ2) is 7.88. The van der Waals surface area contributed by atoms with Gasteiger partial charge in [0.1, 0.15) is 4.83 Å². The van der Waals surface area contributed by atoms with Gasteiger partial charge in [0, 0.05) is 11.4 Å². The summed E-state index contributed by atoms with van der Waals surface area (Å²) in [5, 5.41) is 1.40. The topological polar surface area (TPSA) is 81.2 Å². The maximum absolute atomic E-state index is 13.2. The van der Waals surface area contributed by atoms with Crippen molar-refractivity contribution < 1.29 is 4.79 Å². The maximum Gasteiger partial charge on any atom is 0.263 e. The van der Waals surface area contributed by atoms with E-state index in [0.717, 1.165) is 42.4 Å². The van der Waals surface area contributed by atoms with Gasteiger partial charge in [-0.05, 0) is 58.3 Å². The highest BCUT2D eigenvalue weighted by atomic mass is 32.2. The van der Waals surface area contributed by atoms with Crippen LogP contribution in [0, 0.1) is 0 Å². The Morgan fingerprint density at radius 2 is 2.12 bits per heavy atom. The van der Waals surface area contributed by atoms with Crippen molar-refractivity contribution in [3.8, 4) is 0 Å². The number of hydrogen-bond acceptors (Lipinski definition) is 6. The number of nitrogens with zero attached hydrogens (tertiary/aromatic N) is 3. The van der Waals surface area contributed by atoms with Gasteiger partial charge >= 0.3 is 0 Å². The lowest BCUT2D eigenvalue weighted by Crippen LogP contribution is -2.26. The summed E-state index contributed by atoms with van der Waals surface area (Å²) in [4.78, 5) is 33.3. The van der Waals surface area contributed by atoms with Crippen molar-refractivity contribution in [2.45, 2.75) is 43.8 Å². The molecule has 0 aliphatic heterocycles. The highest BCUT2D eigenvalue weighted by Crippen LogP contribution is 2.34. The Morgan fingerprint density at radius 3 is 2.84 bits per heavy atom. The van der Waals surface area contributed by atoms with Crippen LogP contribution in [-0.2, 0) is 24.2 Å². The minimum absolute atomic E-state index is 0.0372. The molecule has 0 spiro atoms. The number of amides is 1. The zero-order valence-electron chi connectivity index (χ0n) is 14.7. The van der Waals surface area contributed by atoms with Crippen LogP contribution in [0.3, 0.4) is 0 Å². The van der Waals surface area contributed by atoms with E-state index >= 15 is 0 Å². The number of aryl methyl sites for hydroxylation is 2. The molecule has 2 aromatic heterocycles. The lowest BCUT2D eigenvalue weighted by molar-refractivity contribution is -0.115. The van der Waals surface area contributed by atoms with Gasteiger partial charge in [-0.1, -0.05) is 11.8 Å². The molecule has 0 aromatic carbocycles. The SMILES string of the molecule is CN(C)CCCn1c(SCC(N)=O)nc2sc3c(c2c1=O)CCCC3. The molecule has 3 rings (SSSR count). The van der Waals surface area contributed by atoms with Gasteiger partial charge in [0.25, 0.3) is 5.56 Å². The number of carbonyl (C=O) groups excluding carboxylic acids is 1. The first-order valence-electron chi connectivity index (χ1n) is 8.58. The van der Waals surface area contributed by atoms with E-state index in [9.17, 15) is 9.59 Å². The molecule has 6 nitrogen and oxygen atoms in total. The van der Waals surface area contributed by atoms with Gasteiger partial charge in [-0.2, -0.15) is 0 Å². The lowest BCUT2D eigenvalue weighted by Gasteiger charge is -2.14. The Morgan fingerprint density at radius 1 is 1.36 bits per heavy atom. The van der Waals surface area contributed by atoms with Crippen LogP contribution in [0.15, 0.2) is 9.95 Å². The molecule has 8 heteroatoms. The predicted molar refractivity (Wildman–Crippen MR) is 104 cm³/mol. The highest BCUT2D eigenvalue weighted by molar-refractivity contribution is 7.99. The molecule has 0 atom stereocenters. The third kappa shape index (κ3) is 4.07. The van der Waals surface area contributed by atoms with E-state index in [2.05, 4.69) is 4.90 Å². The molecule has 0 unspecified atom stereocenters. The summed E-state index contributed by atoms with van der Waals surface area (Å²) >= 11 is 2.90. The number of thioether (sulfide) groups is 1. The third-order valence-corrected chi connectivity index (χ3v) is 6.55. The van der Waals surface area contributed by atoms with Crippen LogP contribution < -0.4 is 11.3 Å². The average Bonchev–Trinajstić information content (AvgIpc) is 2.93. The van der Waals surface area contributed by atoms with Crippen molar-refractivity contribution >= 4 is 39.2 Å². The van der Waals surface area contributed by atoms with Crippen LogP contribution >= 0.6 is 23.1 Å². The second-order valence-corrected chi connectivity index (χ2v) is 8.68. The number of thiophene rings is 1. The molecule has 0 fully saturated rings. The van der Waals surface area contributed by atoms with Gasteiger partial charge in [0.15, 0.2) is 5.16 Å². The molecule has 0 radical (unpaired) electrons. The van der Waals surface area contributed by atoms with E-state index in [0.29, 0.717) is 11.7 Å². The molecule has 1 aliphatic rings. The minimum Gasteiger partial charge on any atom is -0.369 e. The molecule has 1 aliphatic carbocycles. The van der Waals surface area contributed by atoms with Gasteiger partial charge in [-0.25, -0.2) is 4.98 Å². The number of carbonyl (C=O) groups is 1. The largest absolute Gasteiger partial charge is 0.369 e. The summed E-state index contributed by atoms with van der Waals surface area (Å²) in [5.74, 6) is -0.263. The number of rotatable bonds is 7. The van der Waals surface area contributed by atoms with E-state index < -0.39 is 5.91 Å². The Balaban J connectivity index is 2.04. The molecule has 0 bridgehead atoms. The first-order chi connectivity index (χ1) is 12.0. The molecule has 0 saturated carbocycles. The molecule has 0 saturated heterocycles. The number of aromatic nitrogens is 2. The first kappa shape index (κ1) is 18.4. The van der Waals surface area contributed by atoms with E-state index in [-0.39, 0.29) is 11.3 Å². The third-order valence-electron chi connectivity index (χ3n) is 4.37. The molecule has 2 aromatic rings. The lowest BCUT2D eigenvalue weighted by atomic mass is 9.97. The van der Waals surface area contributed by atoms with Crippen LogP contribution in [0.25, 0.3) is 10.2 Å². The van der Waals surface area contributed by atoms with Crippen LogP contribution in [0.4, 0.5) is 0 Å². The Kier molecular flexibility index (Phi) is 5.81. The van der Waals surface area contributed by atoms with Crippen molar-refractivity contribution in [2.24, 2.45) is 5.73 Å². The summed E-state index contributed by atoms with van der Waals surface area (Å²) in [6, 6.07) is 0. The van der Waals surface area contributed by atoms with E-state index in [1.165, 1.54) is 28.6 Å². The molecule has 2 N–H and O–H groups in total. The van der Waals surface area contributed by atoms with Crippen LogP contribution in [0.5, 0.6) is 0 Å². The smallest absolute Gasteiger partial charge is 0.263 e. The first-order valence-corrected chi connectivity index (χ1v) is 10.4. The van der Waals surface area contributed by atoms with Crippen molar-refractivity contribution in [1.29, 1.82) is 0 Å². The normalized spacial score (nSPS) is 14.2. The van der Waals surface area contributed by atoms with Gasteiger partial charge in [0.05, 0.1) is 11.1 Å². The van der Waals surface area contributed by atoms with Crippen molar-refractivity contribution in [3.63, 3.8) is 0 Å². The fourth-order valence-electron chi connectivity index (χ4n) is 3.21. The number of primary amides is 1. The van der Waals surface area contributed by atoms with Crippen LogP contribution in [0.1, 0.15) is 29.7 Å². The van der Waals surface area contributed by atoms with Crippen LogP contribution in [-0.4, -0.2) is 46.8 Å². The summed E-state index contributed by atoms with van der Waals surface area (Å²) in [5.41, 5.74) is 6.52. The second-order valence-electron chi connectivity index (χ2n) is 6.65. The Labute approximate surface area is 155 Å². The van der Waals surface area contributed by atoms with E-state index in [1.807, 2.05) is 14.1 Å². The molecular formula is C17H24N4O2S2. The molecule has 2 heterocycles. The quantitative estimate of drug-likeness (QED) is 0.586. The summed E-state index contributed by atoms with van der Waals surface area (Å²) in [6.45, 7) is 1.50. The standard InChI is InChI=1S/C17H24N4O2S2/c1-20(2)8-5-9-21-16(23)14-11-6-3-4-7-12(11)25-15(14)19-17(21)24-10-13(18)22/h3-10H2,1-2H3,(H2,18,22). The number of fused-ring (bicyclic) bond motifs is 3. The fourth-order valence-corrected chi connectivity index (χ4v) is 5.27. The Bertz CT molecular complexity index is 841. The average molecular weight is 381 g/mol. The van der Waals surface area contributed by atoms with Gasteiger partial charge < -0.3 is 10.6 Å². The number of hydrogen-bond donors (Lipinski definition) is 1. The summed E-state index contributed by atoms with van der Waals surface area (Å²) in [6.07, 6.45) is 5.19. The number of nitrogens with two attached hydrogens (primary N) is 1. The maximum atomic E-state index is 13.2. The van der Waals surface area contributed by atoms with Crippen molar-refractivity contribution in [3.05, 3.63) is 20.8 Å². The van der Waals surface area contributed by atoms with E-state index in [1.54, 1.807) is 15.9 Å². The fraction of sp³-hybridized carbons (Fsp3) is 0.588. The highest BCUT2D eigenvalue weighted by Gasteiger charge is 2.22. The monoisotopic (exact) mass is 380 g/mol. The Hall–Kier alpha value is -1.38. The molecule has 25 heavy (non-hydrogen) atoms. The molecular weight excluding hydrogens is 356 g/mol. The molecule has 136 valence electrons. The van der Waals surface area contributed by atoms with Crippen molar-refractivity contribution in [2.75, 3.05) is 26.4 Å². The predicted octanol–water partition coefficient (Wildman–Crippen LogP) is 1.87. The van der Waals surface area contributed by atoms with Gasteiger partial charge in [-0.15, -0.1) is 11.3 Å². The van der Waals surface area contributed by atoms with Crippen molar-refractivity contribution in [1.82, 2.24) is 14.5 Å². The minimum atomic E-state index is -0.398.